The first-order valence-electron chi connectivity index (χ1n) is 40.6. The zero-order chi connectivity index (χ0) is 77.9. The number of fused-ring (bicyclic) bond motifs is 10. The molecule has 0 spiro atoms. The predicted molar refractivity (Wildman–Crippen MR) is 494 cm³/mol. The number of aromatic nitrogens is 2. The van der Waals surface area contributed by atoms with Gasteiger partial charge in [-0.3, -0.25) is 0 Å². The topological polar surface area (TPSA) is 19.6 Å². The molecule has 116 heavy (non-hydrogen) atoms. The van der Waals surface area contributed by atoms with Crippen LogP contribution in [0.25, 0.3) is 122 Å². The van der Waals surface area contributed by atoms with Crippen LogP contribution in [0.2, 0.25) is 0 Å². The zero-order valence-electron chi connectivity index (χ0n) is 65.9. The summed E-state index contributed by atoms with van der Waals surface area (Å²) in [6.45, 7) is 13.5. The Morgan fingerprint density at radius 2 is 0.526 bits per heavy atom. The van der Waals surface area contributed by atoms with Crippen molar-refractivity contribution in [1.29, 1.82) is 0 Å². The molecule has 0 saturated carbocycles. The molecule has 0 unspecified atom stereocenters. The Hall–Kier alpha value is -14.2. The Kier molecular flexibility index (Phi) is 16.8. The van der Waals surface area contributed by atoms with Crippen LogP contribution in [0.4, 0.5) is 51.2 Å². The first-order chi connectivity index (χ1) is 56.8. The van der Waals surface area contributed by atoms with E-state index >= 15 is 0 Å². The Morgan fingerprint density at radius 3 is 0.931 bits per heavy atom. The van der Waals surface area contributed by atoms with Gasteiger partial charge in [0.2, 0.25) is 0 Å². The molecule has 2 aliphatic rings. The summed E-state index contributed by atoms with van der Waals surface area (Å²) in [4.78, 5) is 7.77. The SMILES string of the molecule is CC(C)(C)c1ccc(N(c2ccc(C(C)(C)C)cc2)c2ccc3c(c2)N(c2cc(-c4ccccc4)cc(-c4ccccc4)c2)c2cc(-c4ccc5c(c4)c4ccccc4n5-c4ccccc4)cc4c2B3c2ccc(-c3ccc5c(c3)c3ccccc3n5-c3ccccc3)cc2N4c2cc(-c3ccccc3)cc(-c3ccccc3)c2)cc1. The molecule has 0 bridgehead atoms. The molecule has 0 amide bonds. The predicted octanol–water partition coefficient (Wildman–Crippen LogP) is 28.0. The van der Waals surface area contributed by atoms with Gasteiger partial charge < -0.3 is 23.8 Å². The Morgan fingerprint density at radius 1 is 0.216 bits per heavy atom. The fraction of sp³-hybridized carbons (Fsp3) is 0.0727. The molecule has 0 fully saturated rings. The van der Waals surface area contributed by atoms with Crippen LogP contribution in [-0.4, -0.2) is 15.8 Å². The van der Waals surface area contributed by atoms with E-state index in [0.717, 1.165) is 140 Å². The molecule has 17 aromatic carbocycles. The van der Waals surface area contributed by atoms with Crippen molar-refractivity contribution in [3.8, 4) is 78.1 Å². The van der Waals surface area contributed by atoms with Crippen molar-refractivity contribution >= 4 is 118 Å². The fourth-order valence-corrected chi connectivity index (χ4v) is 18.4. The third-order valence-corrected chi connectivity index (χ3v) is 24.1. The van der Waals surface area contributed by atoms with Crippen LogP contribution >= 0.6 is 0 Å². The lowest BCUT2D eigenvalue weighted by molar-refractivity contribution is 0.590. The molecule has 552 valence electrons. The molecule has 2 aromatic heterocycles. The van der Waals surface area contributed by atoms with E-state index in [2.05, 4.69) is 466 Å². The molecule has 0 saturated heterocycles. The van der Waals surface area contributed by atoms with Crippen LogP contribution in [0.15, 0.2) is 400 Å². The second kappa shape index (κ2) is 27.9. The van der Waals surface area contributed by atoms with Crippen molar-refractivity contribution in [2.75, 3.05) is 14.7 Å². The second-order valence-electron chi connectivity index (χ2n) is 33.3. The number of hydrogen-bond acceptors (Lipinski definition) is 3. The molecule has 0 radical (unpaired) electrons. The maximum Gasteiger partial charge on any atom is 0.252 e. The van der Waals surface area contributed by atoms with E-state index in [9.17, 15) is 0 Å². The van der Waals surface area contributed by atoms with E-state index in [-0.39, 0.29) is 17.5 Å². The molecular formula is C110H84BN5. The van der Waals surface area contributed by atoms with Crippen LogP contribution in [-0.2, 0) is 10.8 Å². The highest BCUT2D eigenvalue weighted by Gasteiger charge is 2.45. The van der Waals surface area contributed by atoms with Gasteiger partial charge in [-0.1, -0.05) is 290 Å². The lowest BCUT2D eigenvalue weighted by Gasteiger charge is -2.45. The Balaban J connectivity index is 0.888. The third-order valence-electron chi connectivity index (χ3n) is 24.1. The maximum absolute atomic E-state index is 2.65. The van der Waals surface area contributed by atoms with Crippen LogP contribution in [0, 0.1) is 0 Å². The summed E-state index contributed by atoms with van der Waals surface area (Å²) in [7, 11) is 0. The molecule has 21 rings (SSSR count). The van der Waals surface area contributed by atoms with Crippen LogP contribution < -0.4 is 31.1 Å². The highest BCUT2D eigenvalue weighted by Crippen LogP contribution is 2.52. The number of nitrogens with zero attached hydrogens (tertiary/aromatic N) is 5. The summed E-state index contributed by atoms with van der Waals surface area (Å²) in [5.74, 6) is 0. The molecule has 0 atom stereocenters. The Labute approximate surface area is 679 Å². The lowest BCUT2D eigenvalue weighted by Crippen LogP contribution is -2.61. The average molecular weight is 1490 g/mol. The van der Waals surface area contributed by atoms with Gasteiger partial charge in [-0.05, 0) is 257 Å². The van der Waals surface area contributed by atoms with E-state index in [1.54, 1.807) is 0 Å². The minimum Gasteiger partial charge on any atom is -0.311 e. The summed E-state index contributed by atoms with van der Waals surface area (Å²) in [6, 6.07) is 151. The van der Waals surface area contributed by atoms with E-state index in [4.69, 9.17) is 0 Å². The van der Waals surface area contributed by atoms with Gasteiger partial charge >= 0.3 is 0 Å². The first kappa shape index (κ1) is 69.7. The van der Waals surface area contributed by atoms with Crippen molar-refractivity contribution in [3.63, 3.8) is 0 Å². The summed E-state index contributed by atoms with van der Waals surface area (Å²) >= 11 is 0. The van der Waals surface area contributed by atoms with Gasteiger partial charge in [0.05, 0.1) is 22.1 Å². The van der Waals surface area contributed by atoms with E-state index in [1.807, 2.05) is 0 Å². The van der Waals surface area contributed by atoms with Crippen molar-refractivity contribution in [2.45, 2.75) is 52.4 Å². The van der Waals surface area contributed by atoms with Gasteiger partial charge in [-0.15, -0.1) is 0 Å². The minimum absolute atomic E-state index is 0.0475. The molecule has 4 heterocycles. The van der Waals surface area contributed by atoms with Crippen molar-refractivity contribution in [2.24, 2.45) is 0 Å². The average Bonchev–Trinajstić information content (AvgIpc) is 0.864. The van der Waals surface area contributed by atoms with Crippen molar-refractivity contribution in [1.82, 2.24) is 9.13 Å². The monoisotopic (exact) mass is 1490 g/mol. The summed E-state index contributed by atoms with van der Waals surface area (Å²) in [6.07, 6.45) is 0. The standard InChI is InChI=1S/C110H84BN5/c1-109(2,3)85-48-52-89(53-49-85)112(90-54-50-86(51-55-90)110(4,5)6)91-56-58-99-105(72-91)116(93-65-82(75-33-17-9-18-34-75)62-83(66-93)76-35-19-10-20-36-76)107-71-84(78-47-60-103-97(68-78)95-42-26-28-44-101(95)114(103)88-39-23-12-24-40-88)70-106-108(107)111(99)98-57-45-79(77-46-59-102-96(67-77)94-41-25-27-43-100(94)113(102)87-37-21-11-22-38-87)69-104(98)115(106)92-63-80(73-29-13-7-14-30-73)61-81(64-92)74-31-15-8-16-32-74/h7-72H,1-6H3. The maximum atomic E-state index is 2.65. The normalized spacial score (nSPS) is 12.5. The van der Waals surface area contributed by atoms with Crippen LogP contribution in [0.1, 0.15) is 52.7 Å². The largest absolute Gasteiger partial charge is 0.311 e. The molecular weight excluding hydrogens is 1400 g/mol. The summed E-state index contributed by atoms with van der Waals surface area (Å²) in [5, 5.41) is 4.80. The fourth-order valence-electron chi connectivity index (χ4n) is 18.4. The van der Waals surface area contributed by atoms with Crippen LogP contribution in [0.3, 0.4) is 0 Å². The molecule has 0 aliphatic carbocycles. The van der Waals surface area contributed by atoms with Gasteiger partial charge in [0.1, 0.15) is 0 Å². The molecule has 2 aliphatic heterocycles. The van der Waals surface area contributed by atoms with Gasteiger partial charge in [-0.25, -0.2) is 0 Å². The van der Waals surface area contributed by atoms with E-state index in [0.29, 0.717) is 0 Å². The van der Waals surface area contributed by atoms with E-state index in [1.165, 1.54) is 60.1 Å². The van der Waals surface area contributed by atoms with Gasteiger partial charge in [-0.2, -0.15) is 0 Å². The van der Waals surface area contributed by atoms with Crippen molar-refractivity contribution in [3.05, 3.63) is 412 Å². The van der Waals surface area contributed by atoms with Gasteiger partial charge in [0.15, 0.2) is 0 Å². The number of benzene rings is 17. The third kappa shape index (κ3) is 12.1. The molecule has 19 aromatic rings. The van der Waals surface area contributed by atoms with E-state index < -0.39 is 0 Å². The number of rotatable bonds is 13. The first-order valence-corrected chi connectivity index (χ1v) is 40.6. The number of hydrogen-bond donors (Lipinski definition) is 0. The van der Waals surface area contributed by atoms with Crippen molar-refractivity contribution < 1.29 is 0 Å². The lowest BCUT2D eigenvalue weighted by atomic mass is 9.33. The van der Waals surface area contributed by atoms with Crippen LogP contribution in [0.5, 0.6) is 0 Å². The summed E-state index contributed by atoms with van der Waals surface area (Å²) in [5.41, 5.74) is 36.3. The highest BCUT2D eigenvalue weighted by atomic mass is 15.2. The quantitative estimate of drug-likeness (QED) is 0.107. The Bertz CT molecular complexity index is 6830. The van der Waals surface area contributed by atoms with Gasteiger partial charge in [0, 0.05) is 84.1 Å². The highest BCUT2D eigenvalue weighted by molar-refractivity contribution is 7.00. The minimum atomic E-state index is -0.269. The molecule has 0 N–H and O–H groups in total. The molecule has 6 heteroatoms. The number of anilines is 9. The zero-order valence-corrected chi connectivity index (χ0v) is 65.9. The molecule has 5 nitrogen and oxygen atoms in total. The van der Waals surface area contributed by atoms with Gasteiger partial charge in [0.25, 0.3) is 6.71 Å². The smallest absolute Gasteiger partial charge is 0.252 e. The second-order valence-corrected chi connectivity index (χ2v) is 33.3. The number of para-hydroxylation sites is 4. The summed E-state index contributed by atoms with van der Waals surface area (Å²) < 4.78 is 4.84.